The number of carbonyl (C=O) groups excluding carboxylic acids is 1. The summed E-state index contributed by atoms with van der Waals surface area (Å²) in [7, 11) is 0. The second kappa shape index (κ2) is 6.52. The van der Waals surface area contributed by atoms with Gasteiger partial charge in [-0.1, -0.05) is 30.3 Å². The number of carboxylic acid groups (broad SMARTS) is 1. The predicted octanol–water partition coefficient (Wildman–Crippen LogP) is 1.35. The molecule has 0 radical (unpaired) electrons. The normalized spacial score (nSPS) is 11.6. The molecule has 1 unspecified atom stereocenters. The second-order valence-electron chi connectivity index (χ2n) is 3.81. The summed E-state index contributed by atoms with van der Waals surface area (Å²) >= 11 is 0. The van der Waals surface area contributed by atoms with Crippen molar-refractivity contribution in [3.63, 3.8) is 0 Å². The highest BCUT2D eigenvalue weighted by atomic mass is 16.4. The number of aliphatic carboxylic acids is 1. The number of carboxylic acids is 1. The zero-order chi connectivity index (χ0) is 12.7. The molecule has 2 amide bonds. The molecule has 5 nitrogen and oxygen atoms in total. The van der Waals surface area contributed by atoms with Crippen LogP contribution in [-0.2, 0) is 11.3 Å². The maximum atomic E-state index is 11.4. The molecule has 1 aromatic carbocycles. The van der Waals surface area contributed by atoms with E-state index in [0.717, 1.165) is 5.56 Å². The first kappa shape index (κ1) is 13.0. The lowest BCUT2D eigenvalue weighted by molar-refractivity contribution is -0.137. The van der Waals surface area contributed by atoms with Gasteiger partial charge in [0.25, 0.3) is 0 Å². The van der Waals surface area contributed by atoms with Gasteiger partial charge in [0.2, 0.25) is 0 Å². The number of amides is 2. The molecule has 17 heavy (non-hydrogen) atoms. The first-order valence-electron chi connectivity index (χ1n) is 5.38. The number of rotatable bonds is 5. The van der Waals surface area contributed by atoms with Gasteiger partial charge in [-0.05, 0) is 12.5 Å². The summed E-state index contributed by atoms with van der Waals surface area (Å²) in [5, 5.41) is 13.7. The fraction of sp³-hybridized carbons (Fsp3) is 0.333. The van der Waals surface area contributed by atoms with Crippen molar-refractivity contribution in [3.05, 3.63) is 35.9 Å². The number of hydrogen-bond donors (Lipinski definition) is 3. The van der Waals surface area contributed by atoms with Gasteiger partial charge < -0.3 is 15.7 Å². The average molecular weight is 236 g/mol. The second-order valence-corrected chi connectivity index (χ2v) is 3.81. The van der Waals surface area contributed by atoms with E-state index < -0.39 is 5.97 Å². The van der Waals surface area contributed by atoms with Gasteiger partial charge in [0, 0.05) is 12.6 Å². The Morgan fingerprint density at radius 1 is 1.29 bits per heavy atom. The molecule has 0 saturated heterocycles. The van der Waals surface area contributed by atoms with Crippen molar-refractivity contribution >= 4 is 12.0 Å². The maximum absolute atomic E-state index is 11.4. The Kier molecular flexibility index (Phi) is 5.00. The highest BCUT2D eigenvalue weighted by Gasteiger charge is 2.10. The van der Waals surface area contributed by atoms with E-state index in [9.17, 15) is 9.59 Å². The molecule has 5 heteroatoms. The summed E-state index contributed by atoms with van der Waals surface area (Å²) < 4.78 is 0. The number of nitrogens with one attached hydrogen (secondary N) is 2. The maximum Gasteiger partial charge on any atom is 0.315 e. The average Bonchev–Trinajstić information content (AvgIpc) is 2.26. The Balaban J connectivity index is 2.28. The van der Waals surface area contributed by atoms with Crippen LogP contribution >= 0.6 is 0 Å². The third-order valence-corrected chi connectivity index (χ3v) is 2.15. The van der Waals surface area contributed by atoms with Crippen LogP contribution in [0.1, 0.15) is 18.9 Å². The highest BCUT2D eigenvalue weighted by Crippen LogP contribution is 1.97. The van der Waals surface area contributed by atoms with E-state index in [2.05, 4.69) is 10.6 Å². The SMILES string of the molecule is CC(CC(=O)O)NC(=O)NCc1ccccc1. The molecule has 0 aliphatic rings. The van der Waals surface area contributed by atoms with Crippen molar-refractivity contribution in [1.82, 2.24) is 10.6 Å². The molecule has 0 fully saturated rings. The van der Waals surface area contributed by atoms with Crippen molar-refractivity contribution in [3.8, 4) is 0 Å². The summed E-state index contributed by atoms with van der Waals surface area (Å²) in [6.07, 6.45) is -0.0846. The van der Waals surface area contributed by atoms with Crippen molar-refractivity contribution in [2.45, 2.75) is 25.9 Å². The molecule has 3 N–H and O–H groups in total. The zero-order valence-corrected chi connectivity index (χ0v) is 9.64. The van der Waals surface area contributed by atoms with Crippen molar-refractivity contribution in [2.24, 2.45) is 0 Å². The topological polar surface area (TPSA) is 78.4 Å². The zero-order valence-electron chi connectivity index (χ0n) is 9.64. The summed E-state index contributed by atoms with van der Waals surface area (Å²) in [5.74, 6) is -0.930. The quantitative estimate of drug-likeness (QED) is 0.722. The monoisotopic (exact) mass is 236 g/mol. The molecule has 0 spiro atoms. The molecule has 0 heterocycles. The minimum atomic E-state index is -0.930. The molecular weight excluding hydrogens is 220 g/mol. The van der Waals surface area contributed by atoms with Crippen LogP contribution < -0.4 is 10.6 Å². The minimum absolute atomic E-state index is 0.0846. The van der Waals surface area contributed by atoms with E-state index in [1.807, 2.05) is 30.3 Å². The van der Waals surface area contributed by atoms with Crippen LogP contribution in [0.2, 0.25) is 0 Å². The molecule has 0 aromatic heterocycles. The standard InChI is InChI=1S/C12H16N2O3/c1-9(7-11(15)16)14-12(17)13-8-10-5-3-2-4-6-10/h2-6,9H,7-8H2,1H3,(H,15,16)(H2,13,14,17). The van der Waals surface area contributed by atoms with E-state index in [0.29, 0.717) is 6.54 Å². The first-order chi connectivity index (χ1) is 8.08. The van der Waals surface area contributed by atoms with Gasteiger partial charge in [-0.15, -0.1) is 0 Å². The molecule has 0 aliphatic heterocycles. The Bertz CT molecular complexity index is 379. The van der Waals surface area contributed by atoms with Crippen LogP contribution in [0.25, 0.3) is 0 Å². The largest absolute Gasteiger partial charge is 0.481 e. The first-order valence-corrected chi connectivity index (χ1v) is 5.38. The van der Waals surface area contributed by atoms with E-state index >= 15 is 0 Å². The van der Waals surface area contributed by atoms with Gasteiger partial charge in [-0.25, -0.2) is 4.79 Å². The number of carbonyl (C=O) groups is 2. The molecule has 1 rings (SSSR count). The number of urea groups is 1. The van der Waals surface area contributed by atoms with Gasteiger partial charge in [0.15, 0.2) is 0 Å². The molecule has 1 atom stereocenters. The molecule has 0 bridgehead atoms. The van der Waals surface area contributed by atoms with Gasteiger partial charge in [-0.2, -0.15) is 0 Å². The third-order valence-electron chi connectivity index (χ3n) is 2.15. The Labute approximate surface area is 99.8 Å². The molecule has 0 aliphatic carbocycles. The van der Waals surface area contributed by atoms with Crippen molar-refractivity contribution in [1.29, 1.82) is 0 Å². The van der Waals surface area contributed by atoms with Crippen LogP contribution in [0, 0.1) is 0 Å². The summed E-state index contributed by atoms with van der Waals surface area (Å²) in [6, 6.07) is 8.75. The van der Waals surface area contributed by atoms with Gasteiger partial charge in [0.05, 0.1) is 6.42 Å². The Morgan fingerprint density at radius 2 is 1.94 bits per heavy atom. The summed E-state index contributed by atoms with van der Waals surface area (Å²) in [5.41, 5.74) is 0.994. The van der Waals surface area contributed by atoms with Crippen LogP contribution in [0.5, 0.6) is 0 Å². The lowest BCUT2D eigenvalue weighted by Gasteiger charge is -2.12. The smallest absolute Gasteiger partial charge is 0.315 e. The van der Waals surface area contributed by atoms with Crippen molar-refractivity contribution in [2.75, 3.05) is 0 Å². The number of hydrogen-bond acceptors (Lipinski definition) is 2. The predicted molar refractivity (Wildman–Crippen MR) is 63.5 cm³/mol. The fourth-order valence-corrected chi connectivity index (χ4v) is 1.37. The lowest BCUT2D eigenvalue weighted by Crippen LogP contribution is -2.41. The van der Waals surface area contributed by atoms with E-state index in [1.165, 1.54) is 0 Å². The molecular formula is C12H16N2O3. The van der Waals surface area contributed by atoms with E-state index in [4.69, 9.17) is 5.11 Å². The fourth-order valence-electron chi connectivity index (χ4n) is 1.37. The van der Waals surface area contributed by atoms with Crippen LogP contribution in [0.4, 0.5) is 4.79 Å². The highest BCUT2D eigenvalue weighted by molar-refractivity contribution is 5.75. The van der Waals surface area contributed by atoms with Crippen LogP contribution in [0.3, 0.4) is 0 Å². The van der Waals surface area contributed by atoms with Gasteiger partial charge in [0.1, 0.15) is 0 Å². The lowest BCUT2D eigenvalue weighted by atomic mass is 10.2. The van der Waals surface area contributed by atoms with Gasteiger partial charge >= 0.3 is 12.0 Å². The summed E-state index contributed by atoms with van der Waals surface area (Å²) in [6.45, 7) is 2.07. The molecule has 1 aromatic rings. The minimum Gasteiger partial charge on any atom is -0.481 e. The molecule has 0 saturated carbocycles. The van der Waals surface area contributed by atoms with E-state index in [-0.39, 0.29) is 18.5 Å². The van der Waals surface area contributed by atoms with Crippen LogP contribution in [0.15, 0.2) is 30.3 Å². The van der Waals surface area contributed by atoms with Gasteiger partial charge in [-0.3, -0.25) is 4.79 Å². The van der Waals surface area contributed by atoms with E-state index in [1.54, 1.807) is 6.92 Å². The Hall–Kier alpha value is -2.04. The molecule has 92 valence electrons. The number of benzene rings is 1. The third kappa shape index (κ3) is 5.55. The van der Waals surface area contributed by atoms with Crippen LogP contribution in [-0.4, -0.2) is 23.1 Å². The summed E-state index contributed by atoms with van der Waals surface area (Å²) in [4.78, 5) is 21.8. The van der Waals surface area contributed by atoms with Crippen molar-refractivity contribution < 1.29 is 14.7 Å². The Morgan fingerprint density at radius 3 is 2.53 bits per heavy atom.